The SMILES string of the molecule is Clc1cccc(Cl)c1CN1CCC(C2CCCN2)CC1. The van der Waals surface area contributed by atoms with Crippen LogP contribution >= 0.6 is 23.2 Å². The third-order valence-corrected chi connectivity index (χ3v) is 5.45. The van der Waals surface area contributed by atoms with E-state index in [4.69, 9.17) is 23.2 Å². The number of nitrogens with one attached hydrogen (secondary N) is 1. The highest BCUT2D eigenvalue weighted by atomic mass is 35.5. The number of hydrogen-bond acceptors (Lipinski definition) is 2. The molecular weight excluding hydrogens is 291 g/mol. The second-order valence-electron chi connectivity index (χ2n) is 6.02. The van der Waals surface area contributed by atoms with E-state index in [1.54, 1.807) is 0 Å². The van der Waals surface area contributed by atoms with Gasteiger partial charge in [-0.3, -0.25) is 4.90 Å². The highest BCUT2D eigenvalue weighted by molar-refractivity contribution is 6.35. The molecule has 1 unspecified atom stereocenters. The van der Waals surface area contributed by atoms with Crippen LogP contribution in [0.4, 0.5) is 0 Å². The van der Waals surface area contributed by atoms with Gasteiger partial charge in [0, 0.05) is 28.2 Å². The number of piperidine rings is 1. The molecule has 0 saturated carbocycles. The minimum Gasteiger partial charge on any atom is -0.314 e. The van der Waals surface area contributed by atoms with Gasteiger partial charge in [-0.15, -0.1) is 0 Å². The van der Waals surface area contributed by atoms with E-state index in [1.807, 2.05) is 18.2 Å². The molecule has 2 aliphatic heterocycles. The Hall–Kier alpha value is -0.280. The highest BCUT2D eigenvalue weighted by Crippen LogP contribution is 2.29. The molecule has 20 heavy (non-hydrogen) atoms. The van der Waals surface area contributed by atoms with Crippen molar-refractivity contribution in [2.75, 3.05) is 19.6 Å². The molecule has 3 rings (SSSR count). The molecule has 0 aliphatic carbocycles. The van der Waals surface area contributed by atoms with E-state index in [1.165, 1.54) is 32.2 Å². The minimum atomic E-state index is 0.765. The lowest BCUT2D eigenvalue weighted by atomic mass is 9.88. The monoisotopic (exact) mass is 312 g/mol. The molecular formula is C16H22Cl2N2. The number of rotatable bonds is 3. The van der Waals surface area contributed by atoms with Crippen molar-refractivity contribution >= 4 is 23.2 Å². The standard InChI is InChI=1S/C16H22Cl2N2/c17-14-3-1-4-15(18)13(14)11-20-9-6-12(7-10-20)16-5-2-8-19-16/h1,3-4,12,16,19H,2,5-11H2. The molecule has 0 amide bonds. The predicted octanol–water partition coefficient (Wildman–Crippen LogP) is 3.96. The molecule has 0 spiro atoms. The van der Waals surface area contributed by atoms with Crippen LogP contribution in [-0.4, -0.2) is 30.6 Å². The lowest BCUT2D eigenvalue weighted by Gasteiger charge is -2.35. The molecule has 1 atom stereocenters. The van der Waals surface area contributed by atoms with Crippen LogP contribution in [0.1, 0.15) is 31.2 Å². The topological polar surface area (TPSA) is 15.3 Å². The van der Waals surface area contributed by atoms with Gasteiger partial charge in [0.15, 0.2) is 0 Å². The van der Waals surface area contributed by atoms with Crippen molar-refractivity contribution in [3.63, 3.8) is 0 Å². The largest absolute Gasteiger partial charge is 0.314 e. The Labute approximate surface area is 131 Å². The average Bonchev–Trinajstić information content (AvgIpc) is 2.98. The van der Waals surface area contributed by atoms with Gasteiger partial charge < -0.3 is 5.32 Å². The number of likely N-dealkylation sites (tertiary alicyclic amines) is 1. The Kier molecular flexibility index (Phi) is 4.87. The van der Waals surface area contributed by atoms with Crippen LogP contribution in [0.3, 0.4) is 0 Å². The summed E-state index contributed by atoms with van der Waals surface area (Å²) in [6.07, 6.45) is 5.29. The van der Waals surface area contributed by atoms with Crippen LogP contribution < -0.4 is 5.32 Å². The smallest absolute Gasteiger partial charge is 0.0465 e. The van der Waals surface area contributed by atoms with Crippen LogP contribution in [-0.2, 0) is 6.54 Å². The third kappa shape index (κ3) is 3.30. The second-order valence-corrected chi connectivity index (χ2v) is 6.83. The predicted molar refractivity (Wildman–Crippen MR) is 85.5 cm³/mol. The molecule has 1 aromatic rings. The summed E-state index contributed by atoms with van der Waals surface area (Å²) < 4.78 is 0. The van der Waals surface area contributed by atoms with E-state index in [0.717, 1.165) is 47.2 Å². The van der Waals surface area contributed by atoms with E-state index in [-0.39, 0.29) is 0 Å². The summed E-state index contributed by atoms with van der Waals surface area (Å²) in [6, 6.07) is 6.53. The fraction of sp³-hybridized carbons (Fsp3) is 0.625. The Balaban J connectivity index is 1.56. The van der Waals surface area contributed by atoms with Crippen LogP contribution in [0.5, 0.6) is 0 Å². The molecule has 4 heteroatoms. The van der Waals surface area contributed by atoms with Crippen molar-refractivity contribution in [2.45, 2.75) is 38.3 Å². The normalized spacial score (nSPS) is 25.2. The lowest BCUT2D eigenvalue weighted by Crippen LogP contribution is -2.40. The van der Waals surface area contributed by atoms with Crippen molar-refractivity contribution in [3.8, 4) is 0 Å². The van der Waals surface area contributed by atoms with Crippen LogP contribution in [0.15, 0.2) is 18.2 Å². The molecule has 110 valence electrons. The Morgan fingerprint density at radius 1 is 1.10 bits per heavy atom. The third-order valence-electron chi connectivity index (χ3n) is 4.74. The van der Waals surface area contributed by atoms with Gasteiger partial charge in [-0.05, 0) is 63.4 Å². The Bertz CT molecular complexity index is 430. The number of halogens is 2. The Morgan fingerprint density at radius 2 is 1.80 bits per heavy atom. The van der Waals surface area contributed by atoms with Crippen molar-refractivity contribution < 1.29 is 0 Å². The molecule has 0 radical (unpaired) electrons. The van der Waals surface area contributed by atoms with Gasteiger partial charge in [0.2, 0.25) is 0 Å². The van der Waals surface area contributed by atoms with E-state index in [9.17, 15) is 0 Å². The van der Waals surface area contributed by atoms with Gasteiger partial charge in [0.05, 0.1) is 0 Å². The summed E-state index contributed by atoms with van der Waals surface area (Å²) in [5.74, 6) is 0.857. The first-order valence-electron chi connectivity index (χ1n) is 7.62. The maximum Gasteiger partial charge on any atom is 0.0465 e. The molecule has 2 aliphatic rings. The summed E-state index contributed by atoms with van der Waals surface area (Å²) in [7, 11) is 0. The number of hydrogen-bond donors (Lipinski definition) is 1. The van der Waals surface area contributed by atoms with Gasteiger partial charge >= 0.3 is 0 Å². The summed E-state index contributed by atoms with van der Waals surface area (Å²) >= 11 is 12.5. The fourth-order valence-corrected chi connectivity index (χ4v) is 4.05. The van der Waals surface area contributed by atoms with Crippen molar-refractivity contribution in [2.24, 2.45) is 5.92 Å². The van der Waals surface area contributed by atoms with Gasteiger partial charge in [0.1, 0.15) is 0 Å². The highest BCUT2D eigenvalue weighted by Gasteiger charge is 2.28. The lowest BCUT2D eigenvalue weighted by molar-refractivity contribution is 0.157. The minimum absolute atomic E-state index is 0.765. The van der Waals surface area contributed by atoms with E-state index in [0.29, 0.717) is 0 Å². The molecule has 2 fully saturated rings. The van der Waals surface area contributed by atoms with E-state index >= 15 is 0 Å². The molecule has 0 bridgehead atoms. The zero-order valence-electron chi connectivity index (χ0n) is 11.7. The number of benzene rings is 1. The Morgan fingerprint density at radius 3 is 2.40 bits per heavy atom. The average molecular weight is 313 g/mol. The van der Waals surface area contributed by atoms with E-state index in [2.05, 4.69) is 10.2 Å². The molecule has 2 heterocycles. The van der Waals surface area contributed by atoms with Crippen molar-refractivity contribution in [1.82, 2.24) is 10.2 Å². The van der Waals surface area contributed by atoms with Gasteiger partial charge in [0.25, 0.3) is 0 Å². The van der Waals surface area contributed by atoms with Gasteiger partial charge in [-0.25, -0.2) is 0 Å². The van der Waals surface area contributed by atoms with Crippen molar-refractivity contribution in [3.05, 3.63) is 33.8 Å². The maximum atomic E-state index is 6.26. The van der Waals surface area contributed by atoms with Crippen LogP contribution in [0.2, 0.25) is 10.0 Å². The first kappa shape index (κ1) is 14.6. The molecule has 2 nitrogen and oxygen atoms in total. The van der Waals surface area contributed by atoms with Crippen LogP contribution in [0.25, 0.3) is 0 Å². The molecule has 0 aromatic heterocycles. The van der Waals surface area contributed by atoms with Gasteiger partial charge in [-0.1, -0.05) is 29.3 Å². The molecule has 1 aromatic carbocycles. The summed E-state index contributed by atoms with van der Waals surface area (Å²) in [4.78, 5) is 2.48. The maximum absolute atomic E-state index is 6.26. The zero-order chi connectivity index (χ0) is 13.9. The first-order chi connectivity index (χ1) is 9.74. The van der Waals surface area contributed by atoms with E-state index < -0.39 is 0 Å². The fourth-order valence-electron chi connectivity index (χ4n) is 3.53. The first-order valence-corrected chi connectivity index (χ1v) is 8.38. The summed E-state index contributed by atoms with van der Waals surface area (Å²) in [5.41, 5.74) is 1.08. The number of nitrogens with zero attached hydrogens (tertiary/aromatic N) is 1. The molecule has 1 N–H and O–H groups in total. The summed E-state index contributed by atoms with van der Waals surface area (Å²) in [5, 5.41) is 5.23. The van der Waals surface area contributed by atoms with Gasteiger partial charge in [-0.2, -0.15) is 0 Å². The summed E-state index contributed by atoms with van der Waals surface area (Å²) in [6.45, 7) is 4.40. The second kappa shape index (κ2) is 6.65. The van der Waals surface area contributed by atoms with Crippen molar-refractivity contribution in [1.29, 1.82) is 0 Å². The zero-order valence-corrected chi connectivity index (χ0v) is 13.3. The van der Waals surface area contributed by atoms with Crippen LogP contribution in [0, 0.1) is 5.92 Å². The molecule has 2 saturated heterocycles. The quantitative estimate of drug-likeness (QED) is 0.909.